The zero-order valence-corrected chi connectivity index (χ0v) is 13.4. The predicted molar refractivity (Wildman–Crippen MR) is 88.2 cm³/mol. The molecule has 2 aromatic carbocycles. The van der Waals surface area contributed by atoms with E-state index in [1.54, 1.807) is 31.3 Å². The SMILES string of the molecule is CN1C(=O)[C@H](O)[C@@H](c2ccccc2)[C@@H]1[C@H](O)c1ccc(Cl)cc1. The van der Waals surface area contributed by atoms with E-state index in [1.807, 2.05) is 30.3 Å². The van der Waals surface area contributed by atoms with Crippen molar-refractivity contribution in [3.63, 3.8) is 0 Å². The fourth-order valence-electron chi connectivity index (χ4n) is 3.26. The molecule has 1 fully saturated rings. The summed E-state index contributed by atoms with van der Waals surface area (Å²) in [6, 6.07) is 15.6. The van der Waals surface area contributed by atoms with Gasteiger partial charge in [-0.25, -0.2) is 0 Å². The summed E-state index contributed by atoms with van der Waals surface area (Å²) in [6.07, 6.45) is -2.07. The largest absolute Gasteiger partial charge is 0.386 e. The number of likely N-dealkylation sites (N-methyl/N-ethyl adjacent to an activating group) is 1. The van der Waals surface area contributed by atoms with Crippen molar-refractivity contribution in [2.75, 3.05) is 7.05 Å². The molecular weight excluding hydrogens is 314 g/mol. The van der Waals surface area contributed by atoms with Crippen LogP contribution in [-0.4, -0.2) is 40.2 Å². The molecule has 4 nitrogen and oxygen atoms in total. The lowest BCUT2D eigenvalue weighted by Crippen LogP contribution is -2.36. The summed E-state index contributed by atoms with van der Waals surface area (Å²) >= 11 is 5.89. The van der Waals surface area contributed by atoms with Crippen molar-refractivity contribution in [3.8, 4) is 0 Å². The van der Waals surface area contributed by atoms with Gasteiger partial charge in [0.15, 0.2) is 0 Å². The maximum atomic E-state index is 12.2. The summed E-state index contributed by atoms with van der Waals surface area (Å²) in [7, 11) is 1.61. The van der Waals surface area contributed by atoms with Gasteiger partial charge in [0, 0.05) is 18.0 Å². The van der Waals surface area contributed by atoms with Gasteiger partial charge in [0.1, 0.15) is 12.2 Å². The number of aliphatic hydroxyl groups excluding tert-OH is 2. The van der Waals surface area contributed by atoms with Gasteiger partial charge in [-0.2, -0.15) is 0 Å². The van der Waals surface area contributed by atoms with E-state index in [2.05, 4.69) is 0 Å². The summed E-state index contributed by atoms with van der Waals surface area (Å²) in [5.74, 6) is -0.865. The van der Waals surface area contributed by atoms with Crippen LogP contribution in [0, 0.1) is 0 Å². The van der Waals surface area contributed by atoms with Gasteiger partial charge in [0.2, 0.25) is 0 Å². The zero-order valence-electron chi connectivity index (χ0n) is 12.6. The fraction of sp³-hybridized carbons (Fsp3) is 0.278. The molecular formula is C18H18ClNO3. The number of aliphatic hydroxyl groups is 2. The molecule has 0 saturated carbocycles. The van der Waals surface area contributed by atoms with Crippen molar-refractivity contribution in [1.82, 2.24) is 4.90 Å². The number of carbonyl (C=O) groups is 1. The number of benzene rings is 2. The van der Waals surface area contributed by atoms with Gasteiger partial charge in [-0.1, -0.05) is 54.1 Å². The quantitative estimate of drug-likeness (QED) is 0.907. The van der Waals surface area contributed by atoms with E-state index < -0.39 is 24.2 Å². The lowest BCUT2D eigenvalue weighted by Gasteiger charge is -2.30. The van der Waals surface area contributed by atoms with Crippen LogP contribution >= 0.6 is 11.6 Å². The van der Waals surface area contributed by atoms with Gasteiger partial charge in [0.05, 0.1) is 6.04 Å². The van der Waals surface area contributed by atoms with Crippen LogP contribution in [0.4, 0.5) is 0 Å². The third kappa shape index (κ3) is 2.85. The number of hydrogen-bond acceptors (Lipinski definition) is 3. The molecule has 23 heavy (non-hydrogen) atoms. The van der Waals surface area contributed by atoms with Crippen LogP contribution in [0.2, 0.25) is 5.02 Å². The first-order chi connectivity index (χ1) is 11.0. The maximum Gasteiger partial charge on any atom is 0.252 e. The lowest BCUT2D eigenvalue weighted by molar-refractivity contribution is -0.135. The molecule has 0 spiro atoms. The average Bonchev–Trinajstić information content (AvgIpc) is 2.80. The number of carbonyl (C=O) groups excluding carboxylic acids is 1. The normalized spacial score (nSPS) is 25.7. The number of hydrogen-bond donors (Lipinski definition) is 2. The topological polar surface area (TPSA) is 60.8 Å². The molecule has 120 valence electrons. The molecule has 0 aromatic heterocycles. The van der Waals surface area contributed by atoms with Crippen molar-refractivity contribution in [3.05, 3.63) is 70.7 Å². The van der Waals surface area contributed by atoms with E-state index in [9.17, 15) is 15.0 Å². The number of rotatable bonds is 3. The molecule has 1 saturated heterocycles. The lowest BCUT2D eigenvalue weighted by atomic mass is 9.85. The summed E-state index contributed by atoms with van der Waals surface area (Å²) in [5.41, 5.74) is 1.49. The Balaban J connectivity index is 1.99. The molecule has 0 unspecified atom stereocenters. The van der Waals surface area contributed by atoms with Crippen molar-refractivity contribution in [2.45, 2.75) is 24.2 Å². The van der Waals surface area contributed by atoms with E-state index >= 15 is 0 Å². The highest BCUT2D eigenvalue weighted by Gasteiger charge is 2.49. The molecule has 0 aliphatic carbocycles. The van der Waals surface area contributed by atoms with E-state index in [4.69, 9.17) is 11.6 Å². The second kappa shape index (κ2) is 6.32. The minimum Gasteiger partial charge on any atom is -0.386 e. The third-order valence-electron chi connectivity index (χ3n) is 4.48. The van der Waals surface area contributed by atoms with Gasteiger partial charge in [-0.05, 0) is 23.3 Å². The first-order valence-corrected chi connectivity index (χ1v) is 7.81. The molecule has 5 heteroatoms. The third-order valence-corrected chi connectivity index (χ3v) is 4.73. The Morgan fingerprint density at radius 2 is 1.70 bits per heavy atom. The maximum absolute atomic E-state index is 12.2. The molecule has 2 N–H and O–H groups in total. The minimum absolute atomic E-state index is 0.378. The van der Waals surface area contributed by atoms with Crippen LogP contribution in [0.1, 0.15) is 23.1 Å². The molecule has 2 aromatic rings. The molecule has 1 heterocycles. The Kier molecular flexibility index (Phi) is 4.39. The molecule has 0 bridgehead atoms. The van der Waals surface area contributed by atoms with Gasteiger partial charge in [-0.3, -0.25) is 4.79 Å². The Labute approximate surface area is 139 Å². The van der Waals surface area contributed by atoms with Gasteiger partial charge in [0.25, 0.3) is 5.91 Å². The molecule has 0 radical (unpaired) electrons. The molecule has 1 aliphatic heterocycles. The fourth-order valence-corrected chi connectivity index (χ4v) is 3.38. The summed E-state index contributed by atoms with van der Waals surface area (Å²) in [5, 5.41) is 21.7. The Hall–Kier alpha value is -1.88. The number of likely N-dealkylation sites (tertiary alicyclic amines) is 1. The van der Waals surface area contributed by atoms with Crippen molar-refractivity contribution < 1.29 is 15.0 Å². The Morgan fingerprint density at radius 1 is 1.09 bits per heavy atom. The first kappa shape index (κ1) is 16.0. The van der Waals surface area contributed by atoms with Crippen molar-refractivity contribution in [2.24, 2.45) is 0 Å². The Morgan fingerprint density at radius 3 is 2.30 bits per heavy atom. The van der Waals surface area contributed by atoms with Crippen LogP contribution in [-0.2, 0) is 4.79 Å². The number of nitrogens with zero attached hydrogens (tertiary/aromatic N) is 1. The Bertz CT molecular complexity index is 689. The highest BCUT2D eigenvalue weighted by Crippen LogP contribution is 2.40. The van der Waals surface area contributed by atoms with Gasteiger partial charge in [-0.15, -0.1) is 0 Å². The molecule has 3 rings (SSSR count). The van der Waals surface area contributed by atoms with Crippen LogP contribution < -0.4 is 0 Å². The minimum atomic E-state index is -1.16. The van der Waals surface area contributed by atoms with E-state index in [0.717, 1.165) is 5.56 Å². The second-order valence-electron chi connectivity index (χ2n) is 5.82. The van der Waals surface area contributed by atoms with Gasteiger partial charge < -0.3 is 15.1 Å². The predicted octanol–water partition coefficient (Wildman–Crippen LogP) is 2.36. The summed E-state index contributed by atoms with van der Waals surface area (Å²) in [6.45, 7) is 0. The monoisotopic (exact) mass is 331 g/mol. The van der Waals surface area contributed by atoms with Crippen molar-refractivity contribution >= 4 is 17.5 Å². The smallest absolute Gasteiger partial charge is 0.252 e. The summed E-state index contributed by atoms with van der Waals surface area (Å²) < 4.78 is 0. The van der Waals surface area contributed by atoms with Crippen LogP contribution in [0.5, 0.6) is 0 Å². The van der Waals surface area contributed by atoms with Crippen molar-refractivity contribution in [1.29, 1.82) is 0 Å². The molecule has 4 atom stereocenters. The summed E-state index contributed by atoms with van der Waals surface area (Å²) in [4.78, 5) is 13.7. The van der Waals surface area contributed by atoms with Crippen LogP contribution in [0.3, 0.4) is 0 Å². The highest BCUT2D eigenvalue weighted by atomic mass is 35.5. The standard InChI is InChI=1S/C18H18ClNO3/c1-20-15(16(21)12-7-9-13(19)10-8-12)14(17(22)18(20)23)11-5-3-2-4-6-11/h2-10,14-17,21-22H,1H3/t14-,15+,16+,17+/m0/s1. The first-order valence-electron chi connectivity index (χ1n) is 7.44. The van der Waals surface area contributed by atoms with Gasteiger partial charge >= 0.3 is 0 Å². The van der Waals surface area contributed by atoms with Crippen LogP contribution in [0.15, 0.2) is 54.6 Å². The van der Waals surface area contributed by atoms with E-state index in [1.165, 1.54) is 4.90 Å². The van der Waals surface area contributed by atoms with E-state index in [0.29, 0.717) is 10.6 Å². The number of amides is 1. The van der Waals surface area contributed by atoms with E-state index in [-0.39, 0.29) is 5.91 Å². The number of halogens is 1. The van der Waals surface area contributed by atoms with Crippen LogP contribution in [0.25, 0.3) is 0 Å². The second-order valence-corrected chi connectivity index (χ2v) is 6.25. The molecule has 1 amide bonds. The average molecular weight is 332 g/mol. The highest BCUT2D eigenvalue weighted by molar-refractivity contribution is 6.30. The molecule has 1 aliphatic rings. The zero-order chi connectivity index (χ0) is 16.6.